The Labute approximate surface area is 203 Å². The molecule has 0 unspecified atom stereocenters. The van der Waals surface area contributed by atoms with Gasteiger partial charge in [0.2, 0.25) is 0 Å². The monoisotopic (exact) mass is 464 g/mol. The summed E-state index contributed by atoms with van der Waals surface area (Å²) in [5, 5.41) is 7.48. The topological polar surface area (TPSA) is 77.8 Å². The summed E-state index contributed by atoms with van der Waals surface area (Å²) in [7, 11) is 3.17. The number of nitrogens with zero attached hydrogens (tertiary/aromatic N) is 3. The number of benzene rings is 3. The van der Waals surface area contributed by atoms with Crippen LogP contribution in [0.3, 0.4) is 0 Å². The van der Waals surface area contributed by atoms with Crippen molar-refractivity contribution in [3.05, 3.63) is 102 Å². The van der Waals surface area contributed by atoms with Crippen LogP contribution >= 0.6 is 0 Å². The number of methoxy groups -OCH3 is 2. The Hall–Kier alpha value is -4.65. The van der Waals surface area contributed by atoms with E-state index in [0.29, 0.717) is 29.3 Å². The van der Waals surface area contributed by atoms with Crippen molar-refractivity contribution in [2.75, 3.05) is 14.2 Å². The average molecular weight is 465 g/mol. The van der Waals surface area contributed by atoms with E-state index in [4.69, 9.17) is 14.5 Å². The fourth-order valence-electron chi connectivity index (χ4n) is 3.96. The minimum absolute atomic E-state index is 0.258. The number of hydrogen-bond donors (Lipinski definition) is 1. The van der Waals surface area contributed by atoms with E-state index in [9.17, 15) is 4.79 Å². The van der Waals surface area contributed by atoms with E-state index in [1.807, 2.05) is 84.9 Å². The van der Waals surface area contributed by atoms with E-state index in [0.717, 1.165) is 28.1 Å². The molecule has 0 aliphatic heterocycles. The molecule has 0 bridgehead atoms. The molecule has 7 nitrogen and oxygen atoms in total. The van der Waals surface area contributed by atoms with Crippen LogP contribution in [0.1, 0.15) is 15.9 Å². The zero-order valence-corrected chi connectivity index (χ0v) is 19.4. The van der Waals surface area contributed by atoms with Crippen molar-refractivity contribution in [2.45, 2.75) is 6.54 Å². The van der Waals surface area contributed by atoms with E-state index in [1.54, 1.807) is 24.9 Å². The Morgan fingerprint density at radius 2 is 1.54 bits per heavy atom. The minimum atomic E-state index is -0.258. The third-order valence-electron chi connectivity index (χ3n) is 5.76. The first-order valence-electron chi connectivity index (χ1n) is 11.2. The highest BCUT2D eigenvalue weighted by Gasteiger charge is 2.18. The van der Waals surface area contributed by atoms with Gasteiger partial charge < -0.3 is 14.8 Å². The summed E-state index contributed by atoms with van der Waals surface area (Å²) >= 11 is 0. The van der Waals surface area contributed by atoms with Gasteiger partial charge in [0, 0.05) is 17.7 Å². The predicted molar refractivity (Wildman–Crippen MR) is 135 cm³/mol. The quantitative estimate of drug-likeness (QED) is 0.366. The van der Waals surface area contributed by atoms with Gasteiger partial charge in [-0.3, -0.25) is 4.79 Å². The van der Waals surface area contributed by atoms with Crippen LogP contribution in [0, 0.1) is 0 Å². The highest BCUT2D eigenvalue weighted by Crippen LogP contribution is 2.29. The number of carbonyl (C=O) groups is 1. The van der Waals surface area contributed by atoms with Gasteiger partial charge in [-0.1, -0.05) is 66.7 Å². The van der Waals surface area contributed by atoms with Crippen LogP contribution in [0.25, 0.3) is 28.2 Å². The maximum atomic E-state index is 13.2. The van der Waals surface area contributed by atoms with Crippen molar-refractivity contribution < 1.29 is 14.3 Å². The van der Waals surface area contributed by atoms with Crippen LogP contribution in [0.5, 0.6) is 11.5 Å². The third kappa shape index (κ3) is 4.44. The molecule has 5 rings (SSSR count). The van der Waals surface area contributed by atoms with Gasteiger partial charge in [-0.15, -0.1) is 0 Å². The largest absolute Gasteiger partial charge is 0.493 e. The molecule has 1 amide bonds. The molecule has 5 aromatic rings. The Balaban J connectivity index is 1.51. The minimum Gasteiger partial charge on any atom is -0.493 e. The van der Waals surface area contributed by atoms with Crippen LogP contribution in [-0.4, -0.2) is 34.7 Å². The lowest BCUT2D eigenvalue weighted by Crippen LogP contribution is -2.23. The standard InChI is InChI=1S/C28H24N4O3/c1-34-25-14-13-19(15-26(25)35-2)17-29-28(33)22-18-30-32-24(21-11-7-4-8-12-21)16-23(31-27(22)32)20-9-5-3-6-10-20/h3-16,18H,17H2,1-2H3,(H,29,33). The Bertz CT molecular complexity index is 1480. The number of rotatable bonds is 7. The molecule has 0 radical (unpaired) electrons. The second-order valence-electron chi connectivity index (χ2n) is 7.92. The Morgan fingerprint density at radius 3 is 2.23 bits per heavy atom. The van der Waals surface area contributed by atoms with Crippen LogP contribution in [0.15, 0.2) is 91.1 Å². The van der Waals surface area contributed by atoms with E-state index < -0.39 is 0 Å². The lowest BCUT2D eigenvalue weighted by Gasteiger charge is -2.11. The summed E-state index contributed by atoms with van der Waals surface area (Å²) in [6, 6.07) is 27.4. The fraction of sp³-hybridized carbons (Fsp3) is 0.107. The van der Waals surface area contributed by atoms with Crippen molar-refractivity contribution in [2.24, 2.45) is 0 Å². The van der Waals surface area contributed by atoms with Gasteiger partial charge in [-0.25, -0.2) is 9.50 Å². The Kier molecular flexibility index (Phi) is 6.13. The first-order chi connectivity index (χ1) is 17.2. The van der Waals surface area contributed by atoms with Gasteiger partial charge in [0.15, 0.2) is 17.1 Å². The molecule has 0 saturated carbocycles. The van der Waals surface area contributed by atoms with Gasteiger partial charge in [0.25, 0.3) is 5.91 Å². The first kappa shape index (κ1) is 22.2. The number of nitrogens with one attached hydrogen (secondary N) is 1. The first-order valence-corrected chi connectivity index (χ1v) is 11.2. The fourth-order valence-corrected chi connectivity index (χ4v) is 3.96. The molecule has 0 aliphatic carbocycles. The summed E-state index contributed by atoms with van der Waals surface area (Å²) in [6.45, 7) is 0.320. The number of carbonyl (C=O) groups excluding carboxylic acids is 1. The van der Waals surface area contributed by atoms with Crippen LogP contribution in [-0.2, 0) is 6.54 Å². The molecule has 1 N–H and O–H groups in total. The SMILES string of the molecule is COc1ccc(CNC(=O)c2cnn3c(-c4ccccc4)cc(-c4ccccc4)nc23)cc1OC. The maximum Gasteiger partial charge on any atom is 0.257 e. The molecule has 2 heterocycles. The Morgan fingerprint density at radius 1 is 0.857 bits per heavy atom. The average Bonchev–Trinajstić information content (AvgIpc) is 3.36. The number of aromatic nitrogens is 3. The summed E-state index contributed by atoms with van der Waals surface area (Å²) in [5.74, 6) is 0.986. The zero-order chi connectivity index (χ0) is 24.2. The third-order valence-corrected chi connectivity index (χ3v) is 5.76. The number of fused-ring (bicyclic) bond motifs is 1. The van der Waals surface area contributed by atoms with E-state index in [1.165, 1.54) is 0 Å². The molecule has 7 heteroatoms. The number of hydrogen-bond acceptors (Lipinski definition) is 5. The second-order valence-corrected chi connectivity index (χ2v) is 7.92. The molecular formula is C28H24N4O3. The molecule has 0 spiro atoms. The van der Waals surface area contributed by atoms with E-state index >= 15 is 0 Å². The second kappa shape index (κ2) is 9.69. The summed E-state index contributed by atoms with van der Waals surface area (Å²) in [4.78, 5) is 18.0. The van der Waals surface area contributed by atoms with Crippen LogP contribution in [0.4, 0.5) is 0 Å². The van der Waals surface area contributed by atoms with Gasteiger partial charge in [-0.2, -0.15) is 5.10 Å². The van der Waals surface area contributed by atoms with E-state index in [-0.39, 0.29) is 5.91 Å². The van der Waals surface area contributed by atoms with Crippen molar-refractivity contribution in [3.63, 3.8) is 0 Å². The molecule has 0 aliphatic rings. The lowest BCUT2D eigenvalue weighted by molar-refractivity contribution is 0.0952. The lowest BCUT2D eigenvalue weighted by atomic mass is 10.1. The van der Waals surface area contributed by atoms with Crippen molar-refractivity contribution in [1.29, 1.82) is 0 Å². The molecule has 3 aromatic carbocycles. The zero-order valence-electron chi connectivity index (χ0n) is 19.4. The molecule has 174 valence electrons. The van der Waals surface area contributed by atoms with Crippen LogP contribution < -0.4 is 14.8 Å². The molecule has 0 fully saturated rings. The highest BCUT2D eigenvalue weighted by molar-refractivity contribution is 6.00. The highest BCUT2D eigenvalue weighted by atomic mass is 16.5. The van der Waals surface area contributed by atoms with E-state index in [2.05, 4.69) is 10.4 Å². The van der Waals surface area contributed by atoms with Gasteiger partial charge >= 0.3 is 0 Å². The molecular weight excluding hydrogens is 440 g/mol. The normalized spacial score (nSPS) is 10.8. The maximum absolute atomic E-state index is 13.2. The van der Waals surface area contributed by atoms with Crippen molar-refractivity contribution in [1.82, 2.24) is 19.9 Å². The number of ether oxygens (including phenoxy) is 2. The van der Waals surface area contributed by atoms with Gasteiger partial charge in [-0.05, 0) is 23.8 Å². The van der Waals surface area contributed by atoms with Crippen LogP contribution in [0.2, 0.25) is 0 Å². The summed E-state index contributed by atoms with van der Waals surface area (Å²) in [6.07, 6.45) is 1.56. The summed E-state index contributed by atoms with van der Waals surface area (Å²) < 4.78 is 12.4. The van der Waals surface area contributed by atoms with Gasteiger partial charge in [0.05, 0.1) is 31.8 Å². The number of amides is 1. The predicted octanol–water partition coefficient (Wildman–Crippen LogP) is 5.01. The molecule has 2 aromatic heterocycles. The van der Waals surface area contributed by atoms with Gasteiger partial charge in [0.1, 0.15) is 5.56 Å². The molecule has 0 atom stereocenters. The van der Waals surface area contributed by atoms with Crippen molar-refractivity contribution >= 4 is 11.6 Å². The summed E-state index contributed by atoms with van der Waals surface area (Å²) in [5.41, 5.74) is 5.35. The molecule has 35 heavy (non-hydrogen) atoms. The van der Waals surface area contributed by atoms with Crippen molar-refractivity contribution in [3.8, 4) is 34.0 Å². The molecule has 0 saturated heterocycles. The smallest absolute Gasteiger partial charge is 0.257 e.